The van der Waals surface area contributed by atoms with E-state index in [9.17, 15) is 4.79 Å². The van der Waals surface area contributed by atoms with Gasteiger partial charge in [0.2, 0.25) is 5.91 Å². The van der Waals surface area contributed by atoms with Gasteiger partial charge >= 0.3 is 0 Å². The monoisotopic (exact) mass is 424 g/mol. The Balaban J connectivity index is 1.16. The van der Waals surface area contributed by atoms with Crippen LogP contribution < -0.4 is 15.1 Å². The molecule has 1 fully saturated rings. The van der Waals surface area contributed by atoms with E-state index in [1.807, 2.05) is 42.6 Å². The number of rotatable bonds is 5. The molecule has 0 radical (unpaired) electrons. The van der Waals surface area contributed by atoms with E-state index < -0.39 is 0 Å². The maximum absolute atomic E-state index is 12.6. The minimum absolute atomic E-state index is 0.00536. The molecule has 1 aliphatic rings. The molecule has 2 heterocycles. The Bertz CT molecular complexity index is 1200. The third-order valence-corrected chi connectivity index (χ3v) is 6.22. The van der Waals surface area contributed by atoms with Crippen LogP contribution in [0.3, 0.4) is 0 Å². The highest BCUT2D eigenvalue weighted by Crippen LogP contribution is 2.23. The number of nitrogens with zero attached hydrogens (tertiary/aromatic N) is 2. The van der Waals surface area contributed by atoms with Gasteiger partial charge in [-0.2, -0.15) is 0 Å². The smallest absolute Gasteiger partial charge is 0.228 e. The Morgan fingerprint density at radius 2 is 1.44 bits per heavy atom. The van der Waals surface area contributed by atoms with Crippen LogP contribution in [0.1, 0.15) is 11.1 Å². The van der Waals surface area contributed by atoms with Crippen molar-refractivity contribution in [2.45, 2.75) is 13.3 Å². The molecule has 1 saturated heterocycles. The standard InChI is InChI=1S/C27H28N4O/c1-20-6-10-23(11-7-20)30-14-16-31(17-15-30)24-12-8-22(9-13-24)29-27(32)18-21-19-28-26-5-3-2-4-25(21)26/h2-13,19,28H,14-18H2,1H3,(H,29,32). The van der Waals surface area contributed by atoms with Crippen LogP contribution in [-0.2, 0) is 11.2 Å². The normalized spacial score (nSPS) is 14.0. The Hall–Kier alpha value is -3.73. The zero-order chi connectivity index (χ0) is 21.9. The minimum atomic E-state index is -0.00536. The molecule has 5 nitrogen and oxygen atoms in total. The number of hydrogen-bond donors (Lipinski definition) is 2. The molecule has 3 aromatic carbocycles. The number of piperazine rings is 1. The second-order valence-corrected chi connectivity index (χ2v) is 8.44. The summed E-state index contributed by atoms with van der Waals surface area (Å²) in [6.07, 6.45) is 2.27. The molecular weight excluding hydrogens is 396 g/mol. The highest BCUT2D eigenvalue weighted by atomic mass is 16.1. The fraction of sp³-hybridized carbons (Fsp3) is 0.222. The van der Waals surface area contributed by atoms with Crippen LogP contribution in [0.15, 0.2) is 79.0 Å². The number of nitrogens with one attached hydrogen (secondary N) is 2. The molecule has 1 amide bonds. The summed E-state index contributed by atoms with van der Waals surface area (Å²) in [6.45, 7) is 6.11. The maximum Gasteiger partial charge on any atom is 0.228 e. The van der Waals surface area contributed by atoms with Crippen LogP contribution in [0.25, 0.3) is 10.9 Å². The zero-order valence-electron chi connectivity index (χ0n) is 18.3. The molecule has 0 aliphatic carbocycles. The topological polar surface area (TPSA) is 51.4 Å². The van der Waals surface area contributed by atoms with Crippen molar-refractivity contribution >= 4 is 33.9 Å². The van der Waals surface area contributed by atoms with Crippen LogP contribution >= 0.6 is 0 Å². The van der Waals surface area contributed by atoms with E-state index in [4.69, 9.17) is 0 Å². The summed E-state index contributed by atoms with van der Waals surface area (Å²) in [7, 11) is 0. The lowest BCUT2D eigenvalue weighted by molar-refractivity contribution is -0.115. The predicted octanol–water partition coefficient (Wildman–Crippen LogP) is 4.98. The number of aromatic amines is 1. The number of aryl methyl sites for hydroxylation is 1. The van der Waals surface area contributed by atoms with Crippen LogP contribution in [0.4, 0.5) is 17.1 Å². The van der Waals surface area contributed by atoms with Gasteiger partial charge in [0.25, 0.3) is 0 Å². The van der Waals surface area contributed by atoms with Crippen molar-refractivity contribution in [1.29, 1.82) is 0 Å². The Kier molecular flexibility index (Phi) is 5.55. The molecule has 32 heavy (non-hydrogen) atoms. The van der Waals surface area contributed by atoms with Gasteiger partial charge in [0, 0.05) is 60.3 Å². The lowest BCUT2D eigenvalue weighted by Crippen LogP contribution is -2.46. The van der Waals surface area contributed by atoms with Crippen molar-refractivity contribution < 1.29 is 4.79 Å². The second-order valence-electron chi connectivity index (χ2n) is 8.44. The quantitative estimate of drug-likeness (QED) is 0.475. The fourth-order valence-electron chi connectivity index (χ4n) is 4.39. The fourth-order valence-corrected chi connectivity index (χ4v) is 4.39. The first kappa shape index (κ1) is 20.2. The van der Waals surface area contributed by atoms with Crippen LogP contribution in [-0.4, -0.2) is 37.1 Å². The van der Waals surface area contributed by atoms with Gasteiger partial charge in [-0.15, -0.1) is 0 Å². The van der Waals surface area contributed by atoms with E-state index in [0.717, 1.165) is 48.3 Å². The summed E-state index contributed by atoms with van der Waals surface area (Å²) in [4.78, 5) is 20.6. The average molecular weight is 425 g/mol. The van der Waals surface area contributed by atoms with E-state index in [1.54, 1.807) is 0 Å². The number of H-pyrrole nitrogens is 1. The van der Waals surface area contributed by atoms with Gasteiger partial charge < -0.3 is 20.1 Å². The van der Waals surface area contributed by atoms with E-state index in [0.29, 0.717) is 6.42 Å². The Morgan fingerprint density at radius 1 is 0.844 bits per heavy atom. The zero-order valence-corrected chi connectivity index (χ0v) is 18.3. The second kappa shape index (κ2) is 8.79. The van der Waals surface area contributed by atoms with Gasteiger partial charge in [0.05, 0.1) is 6.42 Å². The van der Waals surface area contributed by atoms with E-state index in [-0.39, 0.29) is 5.91 Å². The number of carbonyl (C=O) groups is 1. The summed E-state index contributed by atoms with van der Waals surface area (Å²) >= 11 is 0. The largest absolute Gasteiger partial charge is 0.368 e. The Labute approximate surface area is 188 Å². The molecular formula is C27H28N4O. The molecule has 1 aromatic heterocycles. The SMILES string of the molecule is Cc1ccc(N2CCN(c3ccc(NC(=O)Cc4c[nH]c5ccccc45)cc3)CC2)cc1. The molecule has 2 N–H and O–H groups in total. The molecule has 0 unspecified atom stereocenters. The van der Waals surface area contributed by atoms with Crippen LogP contribution in [0.2, 0.25) is 0 Å². The number of amides is 1. The molecule has 0 atom stereocenters. The van der Waals surface area contributed by atoms with E-state index in [2.05, 4.69) is 63.4 Å². The lowest BCUT2D eigenvalue weighted by atomic mass is 10.1. The van der Waals surface area contributed by atoms with Gasteiger partial charge in [-0.3, -0.25) is 4.79 Å². The first-order valence-electron chi connectivity index (χ1n) is 11.2. The van der Waals surface area contributed by atoms with Crippen molar-refractivity contribution in [3.05, 3.63) is 90.1 Å². The van der Waals surface area contributed by atoms with Gasteiger partial charge in [0.15, 0.2) is 0 Å². The maximum atomic E-state index is 12.6. The minimum Gasteiger partial charge on any atom is -0.368 e. The van der Waals surface area contributed by atoms with Crippen molar-refractivity contribution in [3.8, 4) is 0 Å². The van der Waals surface area contributed by atoms with Gasteiger partial charge in [-0.25, -0.2) is 0 Å². The van der Waals surface area contributed by atoms with Gasteiger partial charge in [0.1, 0.15) is 0 Å². The molecule has 162 valence electrons. The number of benzene rings is 3. The number of fused-ring (bicyclic) bond motifs is 1. The Morgan fingerprint density at radius 3 is 2.09 bits per heavy atom. The number of aromatic nitrogens is 1. The van der Waals surface area contributed by atoms with Crippen molar-refractivity contribution in [3.63, 3.8) is 0 Å². The summed E-state index contributed by atoms with van der Waals surface area (Å²) in [5, 5.41) is 4.13. The molecule has 5 heteroatoms. The van der Waals surface area contributed by atoms with Gasteiger partial charge in [-0.1, -0.05) is 35.9 Å². The van der Waals surface area contributed by atoms with E-state index in [1.165, 1.54) is 16.9 Å². The van der Waals surface area contributed by atoms with Crippen molar-refractivity contribution in [2.75, 3.05) is 41.3 Å². The highest BCUT2D eigenvalue weighted by molar-refractivity contribution is 5.95. The number of carbonyl (C=O) groups excluding carboxylic acids is 1. The van der Waals surface area contributed by atoms with Gasteiger partial charge in [-0.05, 0) is 55.0 Å². The summed E-state index contributed by atoms with van der Waals surface area (Å²) in [5.41, 5.74) is 6.69. The summed E-state index contributed by atoms with van der Waals surface area (Å²) < 4.78 is 0. The molecule has 5 rings (SSSR count). The summed E-state index contributed by atoms with van der Waals surface area (Å²) in [6, 6.07) is 25.0. The van der Waals surface area contributed by atoms with Crippen LogP contribution in [0, 0.1) is 6.92 Å². The van der Waals surface area contributed by atoms with Crippen LogP contribution in [0.5, 0.6) is 0 Å². The predicted molar refractivity (Wildman–Crippen MR) is 133 cm³/mol. The number of para-hydroxylation sites is 1. The molecule has 1 aliphatic heterocycles. The van der Waals surface area contributed by atoms with E-state index >= 15 is 0 Å². The third kappa shape index (κ3) is 4.33. The number of anilines is 3. The van der Waals surface area contributed by atoms with Crippen molar-refractivity contribution in [1.82, 2.24) is 4.98 Å². The molecule has 4 aromatic rings. The average Bonchev–Trinajstić information content (AvgIpc) is 3.23. The number of hydrogen-bond acceptors (Lipinski definition) is 3. The lowest BCUT2D eigenvalue weighted by Gasteiger charge is -2.37. The molecule has 0 spiro atoms. The first-order chi connectivity index (χ1) is 15.7. The third-order valence-electron chi connectivity index (χ3n) is 6.22. The van der Waals surface area contributed by atoms with Crippen molar-refractivity contribution in [2.24, 2.45) is 0 Å². The molecule has 0 saturated carbocycles. The molecule has 0 bridgehead atoms. The summed E-state index contributed by atoms with van der Waals surface area (Å²) in [5.74, 6) is -0.00536. The first-order valence-corrected chi connectivity index (χ1v) is 11.2. The highest BCUT2D eigenvalue weighted by Gasteiger charge is 2.17.